The van der Waals surface area contributed by atoms with Crippen molar-refractivity contribution in [3.8, 4) is 5.75 Å². The first-order valence-corrected chi connectivity index (χ1v) is 6.60. The van der Waals surface area contributed by atoms with E-state index < -0.39 is 34.8 Å². The first-order chi connectivity index (χ1) is 10.3. The van der Waals surface area contributed by atoms with E-state index in [-0.39, 0.29) is 0 Å². The van der Waals surface area contributed by atoms with Gasteiger partial charge < -0.3 is 20.1 Å². The Hall–Kier alpha value is -2.83. The number of amides is 1. The molecule has 0 aliphatic heterocycles. The van der Waals surface area contributed by atoms with Crippen LogP contribution < -0.4 is 10.9 Å². The van der Waals surface area contributed by atoms with Crippen molar-refractivity contribution < 1.29 is 19.8 Å². The van der Waals surface area contributed by atoms with E-state index >= 15 is 0 Å². The van der Waals surface area contributed by atoms with E-state index in [4.69, 9.17) is 5.11 Å². The lowest BCUT2D eigenvalue weighted by Crippen LogP contribution is -2.41. The fourth-order valence-corrected chi connectivity index (χ4v) is 2.28. The SMILES string of the molecule is Cc1cccc2c1c(O)c(C(=O)NC(C)C(=O)O)c(=O)n2C. The summed E-state index contributed by atoms with van der Waals surface area (Å²) in [5.41, 5.74) is 0.0411. The molecule has 2 rings (SSSR count). The van der Waals surface area contributed by atoms with Gasteiger partial charge in [-0.05, 0) is 25.5 Å². The number of aromatic hydroxyl groups is 1. The predicted molar refractivity (Wildman–Crippen MR) is 80.2 cm³/mol. The van der Waals surface area contributed by atoms with E-state index in [1.54, 1.807) is 25.1 Å². The second-order valence-corrected chi connectivity index (χ2v) is 5.09. The third-order valence-electron chi connectivity index (χ3n) is 3.55. The third-order valence-corrected chi connectivity index (χ3v) is 3.55. The Labute approximate surface area is 125 Å². The molecule has 2 aromatic rings. The number of aryl methyl sites for hydroxylation is 2. The molecule has 3 N–H and O–H groups in total. The van der Waals surface area contributed by atoms with Crippen LogP contribution in [0.2, 0.25) is 0 Å². The van der Waals surface area contributed by atoms with E-state index in [1.807, 2.05) is 0 Å². The van der Waals surface area contributed by atoms with Crippen molar-refractivity contribution in [1.82, 2.24) is 9.88 Å². The molecular weight excluding hydrogens is 288 g/mol. The zero-order chi connectivity index (χ0) is 16.6. The van der Waals surface area contributed by atoms with Crippen LogP contribution in [0.5, 0.6) is 5.75 Å². The molecule has 7 nitrogen and oxygen atoms in total. The molecule has 1 atom stereocenters. The topological polar surface area (TPSA) is 109 Å². The third kappa shape index (κ3) is 2.41. The van der Waals surface area contributed by atoms with Gasteiger partial charge in [-0.15, -0.1) is 0 Å². The van der Waals surface area contributed by atoms with Crippen molar-refractivity contribution in [2.45, 2.75) is 19.9 Å². The quantitative estimate of drug-likeness (QED) is 0.775. The van der Waals surface area contributed by atoms with Crippen molar-refractivity contribution in [1.29, 1.82) is 0 Å². The molecule has 0 saturated heterocycles. The monoisotopic (exact) mass is 304 g/mol. The summed E-state index contributed by atoms with van der Waals surface area (Å²) in [6.07, 6.45) is 0. The number of fused-ring (bicyclic) bond motifs is 1. The summed E-state index contributed by atoms with van der Waals surface area (Å²) in [6, 6.07) is 3.96. The van der Waals surface area contributed by atoms with Crippen molar-refractivity contribution in [2.24, 2.45) is 7.05 Å². The Bertz CT molecular complexity index is 838. The summed E-state index contributed by atoms with van der Waals surface area (Å²) in [5, 5.41) is 21.7. The number of carbonyl (C=O) groups excluding carboxylic acids is 1. The van der Waals surface area contributed by atoms with Crippen molar-refractivity contribution in [2.75, 3.05) is 0 Å². The van der Waals surface area contributed by atoms with Gasteiger partial charge in [0.2, 0.25) is 0 Å². The van der Waals surface area contributed by atoms with Crippen LogP contribution in [0.1, 0.15) is 22.8 Å². The van der Waals surface area contributed by atoms with Gasteiger partial charge >= 0.3 is 5.97 Å². The number of pyridine rings is 1. The molecule has 7 heteroatoms. The van der Waals surface area contributed by atoms with Crippen LogP contribution in [0.4, 0.5) is 0 Å². The van der Waals surface area contributed by atoms with Gasteiger partial charge in [-0.3, -0.25) is 14.4 Å². The number of hydrogen-bond acceptors (Lipinski definition) is 4. The Morgan fingerprint density at radius 3 is 2.55 bits per heavy atom. The van der Waals surface area contributed by atoms with E-state index in [0.29, 0.717) is 16.5 Å². The summed E-state index contributed by atoms with van der Waals surface area (Å²) in [6.45, 7) is 3.02. The van der Waals surface area contributed by atoms with Crippen molar-refractivity contribution in [3.63, 3.8) is 0 Å². The lowest BCUT2D eigenvalue weighted by molar-refractivity contribution is -0.138. The van der Waals surface area contributed by atoms with E-state index in [9.17, 15) is 19.5 Å². The summed E-state index contributed by atoms with van der Waals surface area (Å²) in [4.78, 5) is 35.3. The maximum atomic E-state index is 12.3. The normalized spacial score (nSPS) is 12.1. The van der Waals surface area contributed by atoms with Gasteiger partial charge in [-0.25, -0.2) is 0 Å². The molecule has 0 aliphatic rings. The zero-order valence-electron chi connectivity index (χ0n) is 12.4. The van der Waals surface area contributed by atoms with Gasteiger partial charge in [0.15, 0.2) is 0 Å². The highest BCUT2D eigenvalue weighted by atomic mass is 16.4. The Morgan fingerprint density at radius 2 is 1.95 bits per heavy atom. The lowest BCUT2D eigenvalue weighted by Gasteiger charge is -2.14. The van der Waals surface area contributed by atoms with Crippen molar-refractivity contribution in [3.05, 3.63) is 39.7 Å². The van der Waals surface area contributed by atoms with E-state index in [1.165, 1.54) is 18.5 Å². The van der Waals surface area contributed by atoms with Crippen LogP contribution in [0, 0.1) is 6.92 Å². The van der Waals surface area contributed by atoms with Crippen LogP contribution in [-0.4, -0.2) is 32.7 Å². The fraction of sp³-hybridized carbons (Fsp3) is 0.267. The minimum absolute atomic E-state index is 0.387. The van der Waals surface area contributed by atoms with Crippen molar-refractivity contribution >= 4 is 22.8 Å². The van der Waals surface area contributed by atoms with Crippen LogP contribution in [0.15, 0.2) is 23.0 Å². The van der Waals surface area contributed by atoms with Gasteiger partial charge in [0.25, 0.3) is 11.5 Å². The molecule has 0 bridgehead atoms. The smallest absolute Gasteiger partial charge is 0.325 e. The summed E-state index contributed by atoms with van der Waals surface area (Å²) < 4.78 is 1.25. The summed E-state index contributed by atoms with van der Waals surface area (Å²) in [7, 11) is 1.49. The molecule has 1 aromatic carbocycles. The molecule has 1 heterocycles. The number of carboxylic acids is 1. The van der Waals surface area contributed by atoms with Gasteiger partial charge in [-0.2, -0.15) is 0 Å². The van der Waals surface area contributed by atoms with Gasteiger partial charge in [0.1, 0.15) is 17.4 Å². The number of nitrogens with zero attached hydrogens (tertiary/aromatic N) is 1. The van der Waals surface area contributed by atoms with Gasteiger partial charge in [-0.1, -0.05) is 12.1 Å². The standard InChI is InChI=1S/C15H16N2O5/c1-7-5-4-6-9-10(7)12(18)11(14(20)17(9)3)13(19)16-8(2)15(21)22/h4-6,8,18H,1-3H3,(H,16,19)(H,21,22). The lowest BCUT2D eigenvalue weighted by atomic mass is 10.0. The van der Waals surface area contributed by atoms with Crippen LogP contribution >= 0.6 is 0 Å². The van der Waals surface area contributed by atoms with Crippen LogP contribution in [0.3, 0.4) is 0 Å². The molecule has 1 unspecified atom stereocenters. The molecule has 116 valence electrons. The second kappa shape index (κ2) is 5.51. The maximum absolute atomic E-state index is 12.3. The number of carbonyl (C=O) groups is 2. The molecule has 1 amide bonds. The van der Waals surface area contributed by atoms with E-state index in [2.05, 4.69) is 5.32 Å². The Balaban J connectivity index is 2.70. The first kappa shape index (κ1) is 15.6. The number of hydrogen-bond donors (Lipinski definition) is 3. The average molecular weight is 304 g/mol. The number of nitrogens with one attached hydrogen (secondary N) is 1. The predicted octanol–water partition coefficient (Wildman–Crippen LogP) is 0.755. The first-order valence-electron chi connectivity index (χ1n) is 6.60. The van der Waals surface area contributed by atoms with Crippen LogP contribution in [0.25, 0.3) is 10.9 Å². The molecule has 0 spiro atoms. The second-order valence-electron chi connectivity index (χ2n) is 5.09. The number of aromatic nitrogens is 1. The number of aliphatic carboxylic acids is 1. The highest BCUT2D eigenvalue weighted by molar-refractivity contribution is 6.04. The molecule has 0 radical (unpaired) electrons. The Morgan fingerprint density at radius 1 is 1.32 bits per heavy atom. The molecule has 0 saturated carbocycles. The largest absolute Gasteiger partial charge is 0.506 e. The highest BCUT2D eigenvalue weighted by Crippen LogP contribution is 2.28. The molecule has 22 heavy (non-hydrogen) atoms. The molecule has 1 aromatic heterocycles. The summed E-state index contributed by atoms with van der Waals surface area (Å²) in [5.74, 6) is -2.59. The zero-order valence-corrected chi connectivity index (χ0v) is 12.4. The maximum Gasteiger partial charge on any atom is 0.325 e. The summed E-state index contributed by atoms with van der Waals surface area (Å²) >= 11 is 0. The minimum atomic E-state index is -1.23. The average Bonchev–Trinajstić information content (AvgIpc) is 2.44. The van der Waals surface area contributed by atoms with Crippen LogP contribution in [-0.2, 0) is 11.8 Å². The van der Waals surface area contributed by atoms with E-state index in [0.717, 1.165) is 0 Å². The molecule has 0 aliphatic carbocycles. The highest BCUT2D eigenvalue weighted by Gasteiger charge is 2.24. The van der Waals surface area contributed by atoms with Gasteiger partial charge in [0, 0.05) is 12.4 Å². The number of benzene rings is 1. The minimum Gasteiger partial charge on any atom is -0.506 e. The number of carboxylic acid groups (broad SMARTS) is 1. The number of rotatable bonds is 3. The Kier molecular flexibility index (Phi) is 3.90. The fourth-order valence-electron chi connectivity index (χ4n) is 2.28. The van der Waals surface area contributed by atoms with Gasteiger partial charge in [0.05, 0.1) is 5.52 Å². The molecular formula is C15H16N2O5. The molecule has 0 fully saturated rings.